The van der Waals surface area contributed by atoms with Crippen LogP contribution in [0.4, 0.5) is 0 Å². The number of hydrogen-bond acceptors (Lipinski definition) is 7. The predicted octanol–water partition coefficient (Wildman–Crippen LogP) is -0.913. The van der Waals surface area contributed by atoms with E-state index in [1.54, 1.807) is 6.20 Å². The van der Waals surface area contributed by atoms with E-state index >= 15 is 0 Å². The van der Waals surface area contributed by atoms with Crippen molar-refractivity contribution in [1.29, 1.82) is 0 Å². The minimum atomic E-state index is -1.37. The van der Waals surface area contributed by atoms with E-state index in [1.165, 1.54) is 4.90 Å². The zero-order chi connectivity index (χ0) is 28.5. The van der Waals surface area contributed by atoms with Crippen LogP contribution in [0.2, 0.25) is 0 Å². The first-order valence-electron chi connectivity index (χ1n) is 13.0. The van der Waals surface area contributed by atoms with Crippen molar-refractivity contribution in [3.63, 3.8) is 0 Å². The number of aromatic amines is 1. The average Bonchev–Trinajstić information content (AvgIpc) is 3.55. The molecule has 0 bridgehead atoms. The normalized spacial score (nSPS) is 17.4. The summed E-state index contributed by atoms with van der Waals surface area (Å²) in [5, 5.41) is 15.5. The van der Waals surface area contributed by atoms with Gasteiger partial charge in [0.05, 0.1) is 12.5 Å². The summed E-state index contributed by atoms with van der Waals surface area (Å²) in [6.07, 6.45) is 3.57. The van der Waals surface area contributed by atoms with Crippen molar-refractivity contribution < 1.29 is 29.1 Å². The Bertz CT molecular complexity index is 1200. The van der Waals surface area contributed by atoms with E-state index in [1.807, 2.05) is 24.3 Å². The molecule has 1 aromatic carbocycles. The van der Waals surface area contributed by atoms with Crippen molar-refractivity contribution >= 4 is 40.5 Å². The number of nitrogens with zero attached hydrogens (tertiary/aromatic N) is 1. The van der Waals surface area contributed by atoms with Gasteiger partial charge in [-0.05, 0) is 56.7 Å². The molecule has 4 amide bonds. The van der Waals surface area contributed by atoms with Crippen molar-refractivity contribution in [2.75, 3.05) is 13.1 Å². The molecule has 1 fully saturated rings. The predicted molar refractivity (Wildman–Crippen MR) is 143 cm³/mol. The fourth-order valence-corrected chi connectivity index (χ4v) is 4.83. The van der Waals surface area contributed by atoms with Gasteiger partial charge in [-0.15, -0.1) is 0 Å². The number of nitrogens with two attached hydrogens (primary N) is 3. The number of likely N-dealkylation sites (tertiary alicyclic amines) is 1. The second-order valence-electron chi connectivity index (χ2n) is 9.78. The molecule has 1 saturated heterocycles. The highest BCUT2D eigenvalue weighted by atomic mass is 16.4. The van der Waals surface area contributed by atoms with E-state index < -0.39 is 60.2 Å². The van der Waals surface area contributed by atoms with Crippen LogP contribution in [-0.4, -0.2) is 81.8 Å². The zero-order valence-corrected chi connectivity index (χ0v) is 21.7. The van der Waals surface area contributed by atoms with E-state index in [4.69, 9.17) is 17.2 Å². The van der Waals surface area contributed by atoms with E-state index in [-0.39, 0.29) is 19.4 Å². The molecular formula is C26H37N7O6. The van der Waals surface area contributed by atoms with Gasteiger partial charge in [-0.25, -0.2) is 4.79 Å². The minimum Gasteiger partial charge on any atom is -0.480 e. The van der Waals surface area contributed by atoms with Gasteiger partial charge in [0.25, 0.3) is 0 Å². The molecule has 4 atom stereocenters. The monoisotopic (exact) mass is 543 g/mol. The molecule has 0 spiro atoms. The largest absolute Gasteiger partial charge is 0.480 e. The second-order valence-corrected chi connectivity index (χ2v) is 9.78. The molecule has 2 aromatic rings. The van der Waals surface area contributed by atoms with Crippen molar-refractivity contribution in [3.05, 3.63) is 36.0 Å². The second kappa shape index (κ2) is 13.7. The third kappa shape index (κ3) is 7.77. The third-order valence-electron chi connectivity index (χ3n) is 6.87. The first-order valence-corrected chi connectivity index (χ1v) is 13.0. The minimum absolute atomic E-state index is 0.173. The SMILES string of the molecule is NCCCCC(NC(=O)C(CC(N)=O)NC(=O)C(N)Cc1c[nH]c2ccccc12)C(=O)N1CCCC1C(=O)O. The average molecular weight is 544 g/mol. The summed E-state index contributed by atoms with van der Waals surface area (Å²) in [7, 11) is 0. The number of carboxylic acids is 1. The number of H-pyrrole nitrogens is 1. The lowest BCUT2D eigenvalue weighted by Crippen LogP contribution is -2.58. The zero-order valence-electron chi connectivity index (χ0n) is 21.7. The van der Waals surface area contributed by atoms with Gasteiger partial charge in [0, 0.05) is 23.6 Å². The Morgan fingerprint density at radius 2 is 1.79 bits per heavy atom. The number of amides is 4. The summed E-state index contributed by atoms with van der Waals surface area (Å²) in [5.41, 5.74) is 18.7. The van der Waals surface area contributed by atoms with Gasteiger partial charge in [-0.2, -0.15) is 0 Å². The van der Waals surface area contributed by atoms with Crippen LogP contribution in [0.1, 0.15) is 44.1 Å². The number of para-hydroxylation sites is 1. The highest BCUT2D eigenvalue weighted by Crippen LogP contribution is 2.21. The molecule has 1 aromatic heterocycles. The van der Waals surface area contributed by atoms with Crippen LogP contribution < -0.4 is 27.8 Å². The summed E-state index contributed by atoms with van der Waals surface area (Å²) in [4.78, 5) is 67.1. The van der Waals surface area contributed by atoms with Crippen LogP contribution in [0.25, 0.3) is 10.9 Å². The fourth-order valence-electron chi connectivity index (χ4n) is 4.83. The number of hydrogen-bond donors (Lipinski definition) is 7. The molecule has 2 heterocycles. The topological polar surface area (TPSA) is 227 Å². The van der Waals surface area contributed by atoms with Gasteiger partial charge >= 0.3 is 5.97 Å². The number of rotatable bonds is 14. The highest BCUT2D eigenvalue weighted by molar-refractivity contribution is 5.96. The Hall–Kier alpha value is -3.97. The Morgan fingerprint density at radius 1 is 1.08 bits per heavy atom. The molecule has 0 aliphatic carbocycles. The van der Waals surface area contributed by atoms with Gasteiger partial charge < -0.3 is 42.8 Å². The summed E-state index contributed by atoms with van der Waals surface area (Å²) in [5.74, 6) is -3.95. The quantitative estimate of drug-likeness (QED) is 0.147. The van der Waals surface area contributed by atoms with Crippen LogP contribution in [0.15, 0.2) is 30.5 Å². The lowest BCUT2D eigenvalue weighted by molar-refractivity contribution is -0.149. The van der Waals surface area contributed by atoms with Crippen molar-refractivity contribution in [2.45, 2.75) is 69.1 Å². The third-order valence-corrected chi connectivity index (χ3v) is 6.87. The number of benzene rings is 1. The Kier molecular flexibility index (Phi) is 10.4. The molecule has 4 unspecified atom stereocenters. The fraction of sp³-hybridized carbons (Fsp3) is 0.500. The molecule has 39 heavy (non-hydrogen) atoms. The van der Waals surface area contributed by atoms with Crippen LogP contribution >= 0.6 is 0 Å². The maximum Gasteiger partial charge on any atom is 0.326 e. The smallest absolute Gasteiger partial charge is 0.326 e. The van der Waals surface area contributed by atoms with Crippen molar-refractivity contribution in [3.8, 4) is 0 Å². The maximum atomic E-state index is 13.3. The van der Waals surface area contributed by atoms with Crippen LogP contribution in [0.3, 0.4) is 0 Å². The Balaban J connectivity index is 1.71. The van der Waals surface area contributed by atoms with Gasteiger partial charge in [0.15, 0.2) is 0 Å². The van der Waals surface area contributed by atoms with Crippen LogP contribution in [0, 0.1) is 0 Å². The first-order chi connectivity index (χ1) is 18.6. The molecule has 3 rings (SSSR count). The van der Waals surface area contributed by atoms with Crippen molar-refractivity contribution in [2.24, 2.45) is 17.2 Å². The molecular weight excluding hydrogens is 506 g/mol. The lowest BCUT2D eigenvalue weighted by Gasteiger charge is -2.29. The summed E-state index contributed by atoms with van der Waals surface area (Å²) in [6.45, 7) is 0.633. The standard InChI is InChI=1S/C26H37N7O6/c27-10-4-3-8-19(25(37)33-11-5-9-21(33)26(38)39)31-24(36)20(13-22(29)34)32-23(35)17(28)12-15-14-30-18-7-2-1-6-16(15)18/h1-2,6-7,14,17,19-21,30H,3-5,8-13,27-28H2,(H2,29,34)(H,31,36)(H,32,35)(H,38,39). The van der Waals surface area contributed by atoms with Gasteiger partial charge in [0.1, 0.15) is 18.1 Å². The Labute approximate surface area is 225 Å². The molecule has 1 aliphatic rings. The number of fused-ring (bicyclic) bond motifs is 1. The number of aromatic nitrogens is 1. The summed E-state index contributed by atoms with van der Waals surface area (Å²) >= 11 is 0. The number of carbonyl (C=O) groups is 5. The maximum absolute atomic E-state index is 13.3. The van der Waals surface area contributed by atoms with Crippen LogP contribution in [-0.2, 0) is 30.4 Å². The van der Waals surface area contributed by atoms with Crippen molar-refractivity contribution in [1.82, 2.24) is 20.5 Å². The number of aliphatic carboxylic acids is 1. The number of nitrogens with one attached hydrogen (secondary N) is 3. The lowest BCUT2D eigenvalue weighted by atomic mass is 10.0. The van der Waals surface area contributed by atoms with Gasteiger partial charge in [-0.1, -0.05) is 18.2 Å². The van der Waals surface area contributed by atoms with E-state index in [9.17, 15) is 29.1 Å². The van der Waals surface area contributed by atoms with E-state index in [2.05, 4.69) is 15.6 Å². The molecule has 212 valence electrons. The molecule has 13 heteroatoms. The van der Waals surface area contributed by atoms with Gasteiger partial charge in [0.2, 0.25) is 23.6 Å². The molecule has 10 N–H and O–H groups in total. The summed E-state index contributed by atoms with van der Waals surface area (Å²) in [6, 6.07) is 3.09. The van der Waals surface area contributed by atoms with Gasteiger partial charge in [-0.3, -0.25) is 19.2 Å². The van der Waals surface area contributed by atoms with Crippen LogP contribution in [0.5, 0.6) is 0 Å². The molecule has 13 nitrogen and oxygen atoms in total. The van der Waals surface area contributed by atoms with E-state index in [0.29, 0.717) is 32.2 Å². The van der Waals surface area contributed by atoms with E-state index in [0.717, 1.165) is 16.5 Å². The number of carboxylic acid groups (broad SMARTS) is 1. The first kappa shape index (κ1) is 29.6. The molecule has 0 radical (unpaired) electrons. The number of primary amides is 1. The Morgan fingerprint density at radius 3 is 2.49 bits per heavy atom. The highest BCUT2D eigenvalue weighted by Gasteiger charge is 2.38. The number of unbranched alkanes of at least 4 members (excludes halogenated alkanes) is 1. The summed E-state index contributed by atoms with van der Waals surface area (Å²) < 4.78 is 0. The molecule has 1 aliphatic heterocycles. The molecule has 0 saturated carbocycles. The number of carbonyl (C=O) groups excluding carboxylic acids is 4.